The highest BCUT2D eigenvalue weighted by molar-refractivity contribution is 6.04. The molecule has 0 unspecified atom stereocenters. The predicted molar refractivity (Wildman–Crippen MR) is 148 cm³/mol. The van der Waals surface area contributed by atoms with E-state index < -0.39 is 11.8 Å². The first-order valence-electron chi connectivity index (χ1n) is 12.2. The van der Waals surface area contributed by atoms with Gasteiger partial charge in [0, 0.05) is 54.3 Å². The molecular weight excluding hydrogens is 513 g/mol. The number of urea groups is 1. The van der Waals surface area contributed by atoms with Gasteiger partial charge in [0.25, 0.3) is 0 Å². The number of aromatic amines is 1. The highest BCUT2D eigenvalue weighted by Crippen LogP contribution is 2.30. The van der Waals surface area contributed by atoms with Crippen molar-refractivity contribution in [1.82, 2.24) is 25.0 Å². The molecule has 0 saturated carbocycles. The van der Waals surface area contributed by atoms with Crippen molar-refractivity contribution >= 4 is 28.4 Å². The van der Waals surface area contributed by atoms with Crippen molar-refractivity contribution in [1.29, 1.82) is 0 Å². The first kappa shape index (κ1) is 24.6. The van der Waals surface area contributed by atoms with Crippen LogP contribution in [0.2, 0.25) is 0 Å². The maximum Gasteiger partial charge on any atom is 0.324 e. The number of carbonyl (C=O) groups excluding carboxylic acids is 1. The molecule has 0 radical (unpaired) electrons. The number of hydrogen-bond donors (Lipinski definition) is 3. The number of rotatable bonds is 7. The zero-order valence-corrected chi connectivity index (χ0v) is 21.1. The van der Waals surface area contributed by atoms with Crippen molar-refractivity contribution in [2.75, 3.05) is 10.6 Å². The summed E-state index contributed by atoms with van der Waals surface area (Å²) in [6.07, 6.45) is 5.08. The Labute approximate surface area is 227 Å². The second-order valence-corrected chi connectivity index (χ2v) is 8.80. The van der Waals surface area contributed by atoms with Crippen LogP contribution in [0.1, 0.15) is 0 Å². The van der Waals surface area contributed by atoms with Crippen molar-refractivity contribution in [2.45, 2.75) is 0 Å². The number of amides is 2. The number of para-hydroxylation sites is 1. The van der Waals surface area contributed by atoms with E-state index in [0.717, 1.165) is 5.56 Å². The SMILES string of the molecule is Cn1cc(-c2cc(Oc3ccc(NC(=O)Nc4n[nH]c5cc(Oc6ccccc6)ccc45)cc3F)ccn2)cn1. The summed E-state index contributed by atoms with van der Waals surface area (Å²) < 4.78 is 28.1. The third kappa shape index (κ3) is 5.43. The molecule has 3 N–H and O–H groups in total. The van der Waals surface area contributed by atoms with Gasteiger partial charge in [-0.3, -0.25) is 20.1 Å². The van der Waals surface area contributed by atoms with Crippen LogP contribution in [0.5, 0.6) is 23.0 Å². The number of aromatic nitrogens is 5. The van der Waals surface area contributed by atoms with Gasteiger partial charge in [-0.15, -0.1) is 0 Å². The highest BCUT2D eigenvalue weighted by Gasteiger charge is 2.13. The molecule has 198 valence electrons. The molecule has 3 heterocycles. The van der Waals surface area contributed by atoms with Gasteiger partial charge in [0.1, 0.15) is 17.2 Å². The summed E-state index contributed by atoms with van der Waals surface area (Å²) in [5, 5.41) is 17.2. The van der Waals surface area contributed by atoms with E-state index in [1.807, 2.05) is 43.6 Å². The smallest absolute Gasteiger partial charge is 0.324 e. The second-order valence-electron chi connectivity index (χ2n) is 8.80. The highest BCUT2D eigenvalue weighted by atomic mass is 19.1. The Hall–Kier alpha value is -5.71. The van der Waals surface area contributed by atoms with Crippen LogP contribution >= 0.6 is 0 Å². The fraction of sp³-hybridized carbons (Fsp3) is 0.0345. The van der Waals surface area contributed by atoms with Crippen LogP contribution in [0, 0.1) is 5.82 Å². The summed E-state index contributed by atoms with van der Waals surface area (Å²) in [6, 6.07) is 21.6. The molecule has 6 aromatic rings. The van der Waals surface area contributed by atoms with Crippen LogP contribution in [0.3, 0.4) is 0 Å². The minimum Gasteiger partial charge on any atom is -0.457 e. The van der Waals surface area contributed by atoms with E-state index in [0.29, 0.717) is 39.7 Å². The first-order chi connectivity index (χ1) is 19.5. The molecule has 0 aliphatic heterocycles. The van der Waals surface area contributed by atoms with Crippen LogP contribution in [0.15, 0.2) is 97.5 Å². The lowest BCUT2D eigenvalue weighted by molar-refractivity contribution is 0.262. The number of fused-ring (bicyclic) bond motifs is 1. The van der Waals surface area contributed by atoms with Gasteiger partial charge < -0.3 is 14.8 Å². The topological polar surface area (TPSA) is 119 Å². The fourth-order valence-electron chi connectivity index (χ4n) is 4.03. The van der Waals surface area contributed by atoms with E-state index in [1.54, 1.807) is 47.4 Å². The van der Waals surface area contributed by atoms with E-state index in [1.165, 1.54) is 18.2 Å². The number of halogens is 1. The van der Waals surface area contributed by atoms with Gasteiger partial charge in [0.05, 0.1) is 17.4 Å². The average molecular weight is 536 g/mol. The van der Waals surface area contributed by atoms with Crippen LogP contribution in [-0.4, -0.2) is 31.0 Å². The Morgan fingerprint density at radius 3 is 2.58 bits per heavy atom. The molecule has 0 fully saturated rings. The number of benzene rings is 3. The second kappa shape index (κ2) is 10.6. The maximum atomic E-state index is 14.8. The Kier molecular flexibility index (Phi) is 6.51. The molecule has 0 saturated heterocycles. The number of nitrogens with zero attached hydrogens (tertiary/aromatic N) is 4. The van der Waals surface area contributed by atoms with Crippen LogP contribution in [0.4, 0.5) is 20.7 Å². The van der Waals surface area contributed by atoms with Crippen molar-refractivity contribution < 1.29 is 18.7 Å². The number of ether oxygens (including phenoxy) is 2. The van der Waals surface area contributed by atoms with Crippen LogP contribution < -0.4 is 20.1 Å². The molecule has 11 heteroatoms. The standard InChI is InChI=1S/C29H22FN7O3/c1-37-17-18(16-32-37)25-14-22(11-12-31-25)40-27-10-7-19(13-24(27)30)33-29(38)34-28-23-9-8-21(15-26(23)35-36-28)39-20-5-3-2-4-6-20/h2-17H,1H3,(H3,33,34,35,36,38). The molecular formula is C29H22FN7O3. The normalized spacial score (nSPS) is 10.8. The summed E-state index contributed by atoms with van der Waals surface area (Å²) in [4.78, 5) is 16.9. The van der Waals surface area contributed by atoms with Gasteiger partial charge in [0.15, 0.2) is 17.4 Å². The quantitative estimate of drug-likeness (QED) is 0.209. The summed E-state index contributed by atoms with van der Waals surface area (Å²) in [5.74, 6) is 1.42. The van der Waals surface area contributed by atoms with Gasteiger partial charge in [-0.2, -0.15) is 10.2 Å². The number of carbonyl (C=O) groups is 1. The third-order valence-electron chi connectivity index (χ3n) is 5.89. The fourth-order valence-corrected chi connectivity index (χ4v) is 4.03. The summed E-state index contributed by atoms with van der Waals surface area (Å²) in [5.41, 5.74) is 2.38. The zero-order chi connectivity index (χ0) is 27.5. The Balaban J connectivity index is 1.10. The van der Waals surface area contributed by atoms with Gasteiger partial charge in [0.2, 0.25) is 0 Å². The molecule has 10 nitrogen and oxygen atoms in total. The van der Waals surface area contributed by atoms with Crippen LogP contribution in [-0.2, 0) is 7.05 Å². The van der Waals surface area contributed by atoms with E-state index in [4.69, 9.17) is 9.47 Å². The zero-order valence-electron chi connectivity index (χ0n) is 21.1. The molecule has 3 aromatic heterocycles. The van der Waals surface area contributed by atoms with Crippen molar-refractivity contribution in [3.63, 3.8) is 0 Å². The third-order valence-corrected chi connectivity index (χ3v) is 5.89. The molecule has 0 bridgehead atoms. The molecule has 0 aliphatic carbocycles. The number of nitrogens with one attached hydrogen (secondary N) is 3. The predicted octanol–water partition coefficient (Wildman–Crippen LogP) is 6.73. The summed E-state index contributed by atoms with van der Waals surface area (Å²) >= 11 is 0. The number of aryl methyl sites for hydroxylation is 1. The number of anilines is 2. The van der Waals surface area contributed by atoms with Gasteiger partial charge in [-0.25, -0.2) is 9.18 Å². The Morgan fingerprint density at radius 1 is 0.925 bits per heavy atom. The minimum absolute atomic E-state index is 0.00103. The summed E-state index contributed by atoms with van der Waals surface area (Å²) in [7, 11) is 1.81. The number of hydrogen-bond acceptors (Lipinski definition) is 6. The lowest BCUT2D eigenvalue weighted by Gasteiger charge is -2.10. The van der Waals surface area contributed by atoms with Gasteiger partial charge in [-0.05, 0) is 42.5 Å². The molecule has 2 amide bonds. The Bertz CT molecular complexity index is 1820. The number of H-pyrrole nitrogens is 1. The lowest BCUT2D eigenvalue weighted by atomic mass is 10.2. The van der Waals surface area contributed by atoms with Crippen LogP contribution in [0.25, 0.3) is 22.2 Å². The van der Waals surface area contributed by atoms with Crippen molar-refractivity contribution in [3.05, 3.63) is 103 Å². The molecule has 0 spiro atoms. The average Bonchev–Trinajstić information content (AvgIpc) is 3.57. The summed E-state index contributed by atoms with van der Waals surface area (Å²) in [6.45, 7) is 0. The van der Waals surface area contributed by atoms with Crippen molar-refractivity contribution in [2.24, 2.45) is 7.05 Å². The van der Waals surface area contributed by atoms with Gasteiger partial charge in [-0.1, -0.05) is 18.2 Å². The molecule has 0 atom stereocenters. The molecule has 3 aromatic carbocycles. The van der Waals surface area contributed by atoms with E-state index in [-0.39, 0.29) is 11.4 Å². The molecule has 0 aliphatic rings. The lowest BCUT2D eigenvalue weighted by Crippen LogP contribution is -2.19. The minimum atomic E-state index is -0.645. The first-order valence-corrected chi connectivity index (χ1v) is 12.2. The number of pyridine rings is 1. The van der Waals surface area contributed by atoms with E-state index in [2.05, 4.69) is 30.9 Å². The maximum absolute atomic E-state index is 14.8. The molecule has 40 heavy (non-hydrogen) atoms. The van der Waals surface area contributed by atoms with E-state index in [9.17, 15) is 9.18 Å². The monoisotopic (exact) mass is 535 g/mol. The largest absolute Gasteiger partial charge is 0.457 e. The van der Waals surface area contributed by atoms with E-state index >= 15 is 0 Å². The van der Waals surface area contributed by atoms with Crippen molar-refractivity contribution in [3.8, 4) is 34.3 Å². The Morgan fingerprint density at radius 2 is 1.77 bits per heavy atom. The van der Waals surface area contributed by atoms with Gasteiger partial charge >= 0.3 is 6.03 Å². The molecule has 6 rings (SSSR count).